The molecule has 0 atom stereocenters. The van der Waals surface area contributed by atoms with Crippen molar-refractivity contribution < 1.29 is 4.39 Å². The Labute approximate surface area is 204 Å². The lowest BCUT2D eigenvalue weighted by molar-refractivity contribution is 0.625. The molecule has 0 amide bonds. The molecule has 1 aromatic heterocycles. The Bertz CT molecular complexity index is 993. The molecule has 6 nitrogen and oxygen atoms in total. The van der Waals surface area contributed by atoms with Gasteiger partial charge in [-0.05, 0) is 42.0 Å². The third-order valence-corrected chi connectivity index (χ3v) is 5.37. The number of halogens is 2. The predicted molar refractivity (Wildman–Crippen MR) is 136 cm³/mol. The molecule has 0 aliphatic rings. The van der Waals surface area contributed by atoms with Crippen LogP contribution >= 0.6 is 35.7 Å². The molecule has 0 radical (unpaired) electrons. The average molecular weight is 554 g/mol. The van der Waals surface area contributed by atoms with E-state index in [-0.39, 0.29) is 29.8 Å². The second kappa shape index (κ2) is 12.7. The molecule has 9 heteroatoms. The second-order valence-corrected chi connectivity index (χ2v) is 7.79. The van der Waals surface area contributed by atoms with Gasteiger partial charge in [-0.3, -0.25) is 0 Å². The number of aliphatic imine (C=N–C) groups is 1. The highest BCUT2D eigenvalue weighted by Crippen LogP contribution is 2.16. The molecule has 0 unspecified atom stereocenters. The Morgan fingerprint density at radius 2 is 1.81 bits per heavy atom. The number of rotatable bonds is 8. The van der Waals surface area contributed by atoms with Crippen LogP contribution in [0.15, 0.2) is 53.5 Å². The van der Waals surface area contributed by atoms with Crippen molar-refractivity contribution in [3.05, 3.63) is 82.7 Å². The van der Waals surface area contributed by atoms with Crippen molar-refractivity contribution in [2.75, 3.05) is 6.26 Å². The van der Waals surface area contributed by atoms with E-state index < -0.39 is 0 Å². The first-order valence-corrected chi connectivity index (χ1v) is 11.1. The molecular formula is C22H28FIN6S. The van der Waals surface area contributed by atoms with E-state index in [1.165, 1.54) is 6.07 Å². The van der Waals surface area contributed by atoms with Crippen LogP contribution in [0, 0.1) is 12.7 Å². The summed E-state index contributed by atoms with van der Waals surface area (Å²) < 4.78 is 15.6. The van der Waals surface area contributed by atoms with E-state index in [1.807, 2.05) is 61.2 Å². The van der Waals surface area contributed by atoms with Gasteiger partial charge in [-0.15, -0.1) is 34.2 Å². The molecular weight excluding hydrogens is 526 g/mol. The van der Waals surface area contributed by atoms with Crippen LogP contribution in [0.25, 0.3) is 0 Å². The SMILES string of the molecule is CSCc1cc(F)ccc1CNC(=NCc1ccccc1)NCc1nnc(C)n1C.I. The van der Waals surface area contributed by atoms with Gasteiger partial charge in [0.15, 0.2) is 11.8 Å². The number of aryl methyl sites for hydroxylation is 1. The van der Waals surface area contributed by atoms with E-state index in [0.29, 0.717) is 25.6 Å². The van der Waals surface area contributed by atoms with Crippen molar-refractivity contribution in [1.29, 1.82) is 0 Å². The third-order valence-electron chi connectivity index (χ3n) is 4.77. The average Bonchev–Trinajstić information content (AvgIpc) is 3.07. The fourth-order valence-corrected chi connectivity index (χ4v) is 3.51. The van der Waals surface area contributed by atoms with Gasteiger partial charge in [-0.1, -0.05) is 36.4 Å². The van der Waals surface area contributed by atoms with Crippen molar-refractivity contribution in [3.63, 3.8) is 0 Å². The van der Waals surface area contributed by atoms with E-state index in [4.69, 9.17) is 4.99 Å². The number of nitrogens with one attached hydrogen (secondary N) is 2. The molecule has 0 saturated carbocycles. The smallest absolute Gasteiger partial charge is 0.192 e. The summed E-state index contributed by atoms with van der Waals surface area (Å²) in [6, 6.07) is 15.0. The van der Waals surface area contributed by atoms with Gasteiger partial charge in [-0.25, -0.2) is 9.38 Å². The topological polar surface area (TPSA) is 67.1 Å². The molecule has 0 fully saturated rings. The van der Waals surface area contributed by atoms with Gasteiger partial charge in [0.1, 0.15) is 11.6 Å². The standard InChI is InChI=1S/C22H27FN6S.HI/c1-16-27-28-21(29(16)2)14-26-22(24-12-17-7-5-4-6-8-17)25-13-18-9-10-20(23)11-19(18)15-30-3;/h4-11H,12-15H2,1-3H3,(H2,24,25,26);1H. The minimum Gasteiger partial charge on any atom is -0.352 e. The van der Waals surface area contributed by atoms with Gasteiger partial charge in [0.05, 0.1) is 13.1 Å². The first-order chi connectivity index (χ1) is 14.6. The first-order valence-electron chi connectivity index (χ1n) is 9.74. The summed E-state index contributed by atoms with van der Waals surface area (Å²) in [6.07, 6.45) is 2.01. The van der Waals surface area contributed by atoms with Crippen LogP contribution in [0.2, 0.25) is 0 Å². The van der Waals surface area contributed by atoms with E-state index in [2.05, 4.69) is 20.8 Å². The number of hydrogen-bond donors (Lipinski definition) is 2. The van der Waals surface area contributed by atoms with E-state index in [9.17, 15) is 4.39 Å². The highest BCUT2D eigenvalue weighted by atomic mass is 127. The maximum Gasteiger partial charge on any atom is 0.192 e. The highest BCUT2D eigenvalue weighted by Gasteiger charge is 2.08. The van der Waals surface area contributed by atoms with Gasteiger partial charge < -0.3 is 15.2 Å². The van der Waals surface area contributed by atoms with Crippen LogP contribution in [0.5, 0.6) is 0 Å². The zero-order valence-corrected chi connectivity index (χ0v) is 21.1. The van der Waals surface area contributed by atoms with Gasteiger partial charge >= 0.3 is 0 Å². The zero-order valence-electron chi connectivity index (χ0n) is 17.9. The molecule has 31 heavy (non-hydrogen) atoms. The Morgan fingerprint density at radius 3 is 2.48 bits per heavy atom. The van der Waals surface area contributed by atoms with Crippen molar-refractivity contribution in [1.82, 2.24) is 25.4 Å². The summed E-state index contributed by atoms with van der Waals surface area (Å²) in [4.78, 5) is 4.71. The molecule has 2 N–H and O–H groups in total. The largest absolute Gasteiger partial charge is 0.352 e. The Kier molecular flexibility index (Phi) is 10.3. The molecule has 0 aliphatic carbocycles. The zero-order chi connectivity index (χ0) is 21.3. The van der Waals surface area contributed by atoms with Crippen LogP contribution in [-0.2, 0) is 32.4 Å². The van der Waals surface area contributed by atoms with E-state index >= 15 is 0 Å². The van der Waals surface area contributed by atoms with Gasteiger partial charge in [0.25, 0.3) is 0 Å². The number of thioether (sulfide) groups is 1. The van der Waals surface area contributed by atoms with Crippen molar-refractivity contribution >= 4 is 41.7 Å². The number of aromatic nitrogens is 3. The second-order valence-electron chi connectivity index (χ2n) is 6.93. The summed E-state index contributed by atoms with van der Waals surface area (Å²) in [6.45, 7) is 3.52. The van der Waals surface area contributed by atoms with Crippen LogP contribution in [0.3, 0.4) is 0 Å². The monoisotopic (exact) mass is 554 g/mol. The van der Waals surface area contributed by atoms with Crippen LogP contribution in [-0.4, -0.2) is 27.0 Å². The summed E-state index contributed by atoms with van der Waals surface area (Å²) in [5.41, 5.74) is 3.16. The molecule has 0 aliphatic heterocycles. The molecule has 0 bridgehead atoms. The number of guanidine groups is 1. The molecule has 0 spiro atoms. The lowest BCUT2D eigenvalue weighted by atomic mass is 10.1. The minimum atomic E-state index is -0.212. The van der Waals surface area contributed by atoms with E-state index in [1.54, 1.807) is 17.8 Å². The summed E-state index contributed by atoms with van der Waals surface area (Å²) in [5, 5.41) is 15.0. The maximum atomic E-state index is 13.6. The van der Waals surface area contributed by atoms with Crippen LogP contribution in [0.4, 0.5) is 4.39 Å². The van der Waals surface area contributed by atoms with Gasteiger partial charge in [0, 0.05) is 19.3 Å². The maximum absolute atomic E-state index is 13.6. The fourth-order valence-electron chi connectivity index (χ4n) is 2.93. The van der Waals surface area contributed by atoms with Gasteiger partial charge in [0.2, 0.25) is 0 Å². The lowest BCUT2D eigenvalue weighted by Gasteiger charge is -2.15. The Morgan fingerprint density at radius 1 is 1.06 bits per heavy atom. The van der Waals surface area contributed by atoms with Crippen LogP contribution < -0.4 is 10.6 Å². The van der Waals surface area contributed by atoms with Crippen molar-refractivity contribution in [2.24, 2.45) is 12.0 Å². The first kappa shape index (κ1) is 25.1. The van der Waals surface area contributed by atoms with Crippen LogP contribution in [0.1, 0.15) is 28.3 Å². The number of nitrogens with zero attached hydrogens (tertiary/aromatic N) is 4. The molecule has 1 heterocycles. The number of benzene rings is 2. The lowest BCUT2D eigenvalue weighted by Crippen LogP contribution is -2.37. The van der Waals surface area contributed by atoms with Crippen molar-refractivity contribution in [2.45, 2.75) is 32.3 Å². The molecule has 3 aromatic rings. The molecule has 0 saturated heterocycles. The highest BCUT2D eigenvalue weighted by molar-refractivity contribution is 14.0. The summed E-state index contributed by atoms with van der Waals surface area (Å²) >= 11 is 1.67. The van der Waals surface area contributed by atoms with Crippen molar-refractivity contribution in [3.8, 4) is 0 Å². The Balaban J connectivity index is 0.00000341. The normalized spacial score (nSPS) is 11.2. The predicted octanol–water partition coefficient (Wildman–Crippen LogP) is 4.18. The quantitative estimate of drug-likeness (QED) is 0.249. The third kappa shape index (κ3) is 7.49. The fraction of sp³-hybridized carbons (Fsp3) is 0.318. The van der Waals surface area contributed by atoms with Gasteiger partial charge in [-0.2, -0.15) is 11.8 Å². The minimum absolute atomic E-state index is 0. The Hall–Kier alpha value is -2.14. The molecule has 166 valence electrons. The summed E-state index contributed by atoms with van der Waals surface area (Å²) in [7, 11) is 1.94. The van der Waals surface area contributed by atoms with E-state index in [0.717, 1.165) is 34.1 Å². The number of hydrogen-bond acceptors (Lipinski definition) is 4. The molecule has 3 rings (SSSR count). The molecule has 2 aromatic carbocycles. The summed E-state index contributed by atoms with van der Waals surface area (Å²) in [5.74, 6) is 2.90.